The molecule has 1 aliphatic heterocycles. The highest BCUT2D eigenvalue weighted by Crippen LogP contribution is 2.51. The van der Waals surface area contributed by atoms with Crippen molar-refractivity contribution in [2.45, 2.75) is 46.5 Å². The summed E-state index contributed by atoms with van der Waals surface area (Å²) in [5.41, 5.74) is 24.3. The number of amidine groups is 1. The van der Waals surface area contributed by atoms with Crippen LogP contribution in [0.5, 0.6) is 5.75 Å². The molecule has 2 aliphatic rings. The molecule has 0 fully saturated rings. The molecular weight excluding hydrogens is 903 g/mol. The van der Waals surface area contributed by atoms with Crippen molar-refractivity contribution >= 4 is 49.4 Å². The van der Waals surface area contributed by atoms with Gasteiger partial charge < -0.3 is 25.4 Å². The average molecular weight is 964 g/mol. The fourth-order valence-corrected chi connectivity index (χ4v) is 10.4. The van der Waals surface area contributed by atoms with Gasteiger partial charge in [-0.25, -0.2) is 0 Å². The van der Waals surface area contributed by atoms with Crippen LogP contribution in [0.15, 0.2) is 248 Å². The molecule has 4 N–H and O–H groups in total. The fraction of sp³-hybridized carbons (Fsp3) is 0.103. The van der Waals surface area contributed by atoms with Gasteiger partial charge in [0, 0.05) is 61.9 Å². The summed E-state index contributed by atoms with van der Waals surface area (Å²) in [6, 6.07) is 72.6. The van der Waals surface area contributed by atoms with Gasteiger partial charge in [0.15, 0.2) is 0 Å². The summed E-state index contributed by atoms with van der Waals surface area (Å²) in [5.74, 6) is 7.24. The van der Waals surface area contributed by atoms with Crippen molar-refractivity contribution in [3.8, 4) is 28.3 Å². The maximum absolute atomic E-state index is 6.13. The highest BCUT2D eigenvalue weighted by Gasteiger charge is 2.36. The van der Waals surface area contributed by atoms with Crippen LogP contribution in [0.4, 0.5) is 0 Å². The van der Waals surface area contributed by atoms with Crippen LogP contribution in [0.3, 0.4) is 0 Å². The number of hydrogen-bond acceptors (Lipinski definition) is 3. The minimum atomic E-state index is 0.00794. The van der Waals surface area contributed by atoms with Gasteiger partial charge in [-0.05, 0) is 115 Å². The first-order valence-electron chi connectivity index (χ1n) is 25.2. The zero-order chi connectivity index (χ0) is 51.3. The molecule has 1 aliphatic carbocycles. The summed E-state index contributed by atoms with van der Waals surface area (Å²) in [4.78, 5) is 0. The zero-order valence-electron chi connectivity index (χ0n) is 42.8. The first-order chi connectivity index (χ1) is 36.0. The second-order valence-corrected chi connectivity index (χ2v) is 19.5. The number of fused-ring (bicyclic) bond motifs is 10. The number of hydrazone groups is 1. The van der Waals surface area contributed by atoms with Gasteiger partial charge in [-0.1, -0.05) is 190 Å². The Labute approximate surface area is 434 Å². The van der Waals surface area contributed by atoms with Crippen LogP contribution in [0.2, 0.25) is 0 Å². The van der Waals surface area contributed by atoms with E-state index in [1.54, 1.807) is 6.08 Å². The van der Waals surface area contributed by atoms with Crippen LogP contribution in [0.25, 0.3) is 66.1 Å². The van der Waals surface area contributed by atoms with Crippen LogP contribution in [-0.4, -0.2) is 15.0 Å². The molecule has 0 radical (unpaired) electrons. The SMILES string of the molecule is C=C/C=C\C=C1/Cc2cc3c4ccccc4n(-c4cccc(C)c4)c3cc2O1.Cc1ccc2c3cc4c(cc3n(-c3ccccc3)c2c1)C(C)(C)c1ccccc1-4.Cc1ccccc1.N/N=C(\N)c1ccccc1. The van der Waals surface area contributed by atoms with Gasteiger partial charge in [-0.3, -0.25) is 0 Å². The van der Waals surface area contributed by atoms with E-state index in [0.29, 0.717) is 5.84 Å². The topological polar surface area (TPSA) is 83.5 Å². The van der Waals surface area contributed by atoms with E-state index >= 15 is 0 Å². The summed E-state index contributed by atoms with van der Waals surface area (Å²) < 4.78 is 10.9. The third-order valence-corrected chi connectivity index (χ3v) is 14.0. The minimum Gasteiger partial charge on any atom is -0.461 e. The number of para-hydroxylation sites is 2. The summed E-state index contributed by atoms with van der Waals surface area (Å²) in [6.07, 6.45) is 8.48. The number of hydrogen-bond donors (Lipinski definition) is 2. The lowest BCUT2D eigenvalue weighted by Crippen LogP contribution is -2.14. The quantitative estimate of drug-likeness (QED) is 0.0593. The normalized spacial score (nSPS) is 13.6. The number of nitrogens with zero attached hydrogens (tertiary/aromatic N) is 3. The van der Waals surface area contributed by atoms with E-state index in [9.17, 15) is 0 Å². The van der Waals surface area contributed by atoms with Crippen LogP contribution in [0.1, 0.15) is 52.8 Å². The van der Waals surface area contributed by atoms with E-state index in [0.717, 1.165) is 23.5 Å². The number of benzene rings is 9. The van der Waals surface area contributed by atoms with Gasteiger partial charge in [0.05, 0.1) is 22.1 Å². The number of rotatable bonds is 5. The molecule has 13 rings (SSSR count). The van der Waals surface area contributed by atoms with E-state index in [2.05, 4.69) is 213 Å². The van der Waals surface area contributed by atoms with Crippen molar-refractivity contribution in [3.63, 3.8) is 0 Å². The Bertz CT molecular complexity index is 3930. The third kappa shape index (κ3) is 9.53. The maximum Gasteiger partial charge on any atom is 0.150 e. The molecule has 0 saturated heterocycles. The van der Waals surface area contributed by atoms with E-state index in [1.807, 2.05) is 66.8 Å². The number of nitrogens with two attached hydrogens (primary N) is 2. The molecule has 0 unspecified atom stereocenters. The van der Waals surface area contributed by atoms with Gasteiger partial charge in [0.25, 0.3) is 0 Å². The predicted molar refractivity (Wildman–Crippen MR) is 313 cm³/mol. The van der Waals surface area contributed by atoms with Crippen LogP contribution in [0, 0.1) is 20.8 Å². The Hall–Kier alpha value is -9.13. The minimum absolute atomic E-state index is 0.00794. The van der Waals surface area contributed by atoms with Crippen molar-refractivity contribution in [2.24, 2.45) is 16.7 Å². The van der Waals surface area contributed by atoms with Crippen molar-refractivity contribution in [3.05, 3.63) is 282 Å². The Kier molecular flexibility index (Phi) is 13.7. The molecule has 6 heteroatoms. The van der Waals surface area contributed by atoms with Gasteiger partial charge in [-0.15, -0.1) is 0 Å². The summed E-state index contributed by atoms with van der Waals surface area (Å²) in [5, 5.41) is 8.54. The lowest BCUT2D eigenvalue weighted by Gasteiger charge is -2.21. The average Bonchev–Trinajstić information content (AvgIpc) is 4.14. The van der Waals surface area contributed by atoms with Crippen molar-refractivity contribution in [2.75, 3.05) is 0 Å². The Morgan fingerprint density at radius 3 is 1.84 bits per heavy atom. The van der Waals surface area contributed by atoms with E-state index in [4.69, 9.17) is 16.3 Å². The fourth-order valence-electron chi connectivity index (χ4n) is 10.4. The van der Waals surface area contributed by atoms with Crippen LogP contribution in [-0.2, 0) is 11.8 Å². The second-order valence-electron chi connectivity index (χ2n) is 19.5. The molecule has 3 heterocycles. The van der Waals surface area contributed by atoms with E-state index < -0.39 is 0 Å². The molecule has 0 bridgehead atoms. The van der Waals surface area contributed by atoms with Gasteiger partial charge in [0.2, 0.25) is 0 Å². The lowest BCUT2D eigenvalue weighted by atomic mass is 9.82. The Morgan fingerprint density at radius 1 is 0.527 bits per heavy atom. The molecule has 2 aromatic heterocycles. The molecule has 364 valence electrons. The molecule has 0 atom stereocenters. The standard InChI is InChI=1S/C28H23N.C26H21NO.C7H9N3.C7H8/c1-18-13-14-21-23-16-22-20-11-7-8-12-24(20)28(2,3)25(22)17-27(23)29(26(21)15-18)19-9-5-4-6-10-19;1-3-4-5-11-21-15-19-16-23-22-12-6-7-13-24(22)27(25(23)17-26(19)28-21)20-10-8-9-18(2)14-20;8-7(10-9)6-4-2-1-3-5-6;1-7-5-3-2-4-6-7/h4-17H,1-3H3;3-14,16-17H,1,15H2,2H3;1-5H,9H2,(H2,8,10);2-6H,1H3/b;5-4-,21-11+;;. The molecule has 74 heavy (non-hydrogen) atoms. The van der Waals surface area contributed by atoms with Gasteiger partial charge in [-0.2, -0.15) is 5.10 Å². The van der Waals surface area contributed by atoms with Crippen LogP contribution < -0.4 is 16.3 Å². The first-order valence-corrected chi connectivity index (χ1v) is 25.2. The monoisotopic (exact) mass is 963 g/mol. The smallest absolute Gasteiger partial charge is 0.150 e. The molecule has 11 aromatic rings. The van der Waals surface area contributed by atoms with E-state index in [1.165, 1.54) is 99.5 Å². The maximum atomic E-state index is 6.13. The zero-order valence-corrected chi connectivity index (χ0v) is 42.8. The van der Waals surface area contributed by atoms with Crippen molar-refractivity contribution in [1.29, 1.82) is 0 Å². The Balaban J connectivity index is 0.000000129. The molecule has 6 nitrogen and oxygen atoms in total. The first kappa shape index (κ1) is 48.5. The van der Waals surface area contributed by atoms with Crippen LogP contribution >= 0.6 is 0 Å². The highest BCUT2D eigenvalue weighted by atomic mass is 16.5. The highest BCUT2D eigenvalue weighted by molar-refractivity contribution is 6.12. The number of allylic oxidation sites excluding steroid dienone is 5. The number of aromatic nitrogens is 2. The Morgan fingerprint density at radius 2 is 1.12 bits per heavy atom. The second kappa shape index (κ2) is 20.9. The van der Waals surface area contributed by atoms with E-state index in [-0.39, 0.29) is 5.41 Å². The third-order valence-electron chi connectivity index (χ3n) is 14.0. The largest absolute Gasteiger partial charge is 0.461 e. The summed E-state index contributed by atoms with van der Waals surface area (Å²) in [7, 11) is 0. The predicted octanol–water partition coefficient (Wildman–Crippen LogP) is 16.3. The van der Waals surface area contributed by atoms with Gasteiger partial charge >= 0.3 is 0 Å². The number of aryl methyl sites for hydroxylation is 3. The molecule has 9 aromatic carbocycles. The molecule has 0 spiro atoms. The summed E-state index contributed by atoms with van der Waals surface area (Å²) in [6.45, 7) is 14.8. The summed E-state index contributed by atoms with van der Waals surface area (Å²) >= 11 is 0. The lowest BCUT2D eigenvalue weighted by molar-refractivity contribution is 0.447. The number of ether oxygens (including phenoxy) is 1. The molecule has 0 saturated carbocycles. The van der Waals surface area contributed by atoms with Crippen molar-refractivity contribution < 1.29 is 4.74 Å². The van der Waals surface area contributed by atoms with Crippen molar-refractivity contribution in [1.82, 2.24) is 9.13 Å². The molecular formula is C68H61N5O. The molecule has 0 amide bonds. The van der Waals surface area contributed by atoms with Gasteiger partial charge in [0.1, 0.15) is 17.3 Å².